The van der Waals surface area contributed by atoms with E-state index in [0.29, 0.717) is 13.2 Å². The number of aryl methyl sites for hydroxylation is 1. The quantitative estimate of drug-likeness (QED) is 0.915. The molecule has 0 bridgehead atoms. The Labute approximate surface area is 153 Å². The molecule has 3 atom stereocenters. The Bertz CT molecular complexity index is 773. The minimum atomic E-state index is -0.548. The number of fused-ring (bicyclic) bond motifs is 1. The Morgan fingerprint density at radius 3 is 3.08 bits per heavy atom. The second-order valence-corrected chi connectivity index (χ2v) is 6.82. The summed E-state index contributed by atoms with van der Waals surface area (Å²) in [6.07, 6.45) is 5.62. The molecule has 0 spiro atoms. The normalized spacial score (nSPS) is 25.5. The number of hydrogen-bond donors (Lipinski definition) is 1. The van der Waals surface area contributed by atoms with Crippen molar-refractivity contribution < 1.29 is 14.3 Å². The van der Waals surface area contributed by atoms with Gasteiger partial charge in [-0.15, -0.1) is 0 Å². The first-order valence-corrected chi connectivity index (χ1v) is 9.40. The van der Waals surface area contributed by atoms with Crippen LogP contribution < -0.4 is 5.32 Å². The van der Waals surface area contributed by atoms with Gasteiger partial charge >= 0.3 is 0 Å². The van der Waals surface area contributed by atoms with Crippen LogP contribution in [-0.2, 0) is 27.2 Å². The zero-order valence-electron chi connectivity index (χ0n) is 15.1. The zero-order valence-corrected chi connectivity index (χ0v) is 15.1. The minimum absolute atomic E-state index is 0.0905. The highest BCUT2D eigenvalue weighted by atomic mass is 16.5. The van der Waals surface area contributed by atoms with Crippen molar-refractivity contribution in [2.75, 3.05) is 13.2 Å². The molecular weight excluding hydrogens is 330 g/mol. The van der Waals surface area contributed by atoms with E-state index in [1.165, 1.54) is 5.56 Å². The Hall–Kier alpha value is -2.18. The highest BCUT2D eigenvalue weighted by Crippen LogP contribution is 2.30. The number of hydrogen-bond acceptors (Lipinski definition) is 4. The van der Waals surface area contributed by atoms with Gasteiger partial charge in [0.1, 0.15) is 11.9 Å². The number of imidazole rings is 1. The van der Waals surface area contributed by atoms with Crippen LogP contribution in [-0.4, -0.2) is 34.7 Å². The lowest BCUT2D eigenvalue weighted by Crippen LogP contribution is -2.46. The lowest BCUT2D eigenvalue weighted by Gasteiger charge is -2.34. The van der Waals surface area contributed by atoms with Crippen LogP contribution in [0.3, 0.4) is 0 Å². The van der Waals surface area contributed by atoms with Gasteiger partial charge in [0.2, 0.25) is 0 Å². The van der Waals surface area contributed by atoms with Gasteiger partial charge < -0.3 is 19.4 Å². The van der Waals surface area contributed by atoms with Crippen LogP contribution in [0.1, 0.15) is 48.9 Å². The Morgan fingerprint density at radius 2 is 2.19 bits per heavy atom. The fraction of sp³-hybridized carbons (Fsp3) is 0.500. The topological polar surface area (TPSA) is 65.4 Å². The number of carbonyl (C=O) groups excluding carboxylic acids is 1. The summed E-state index contributed by atoms with van der Waals surface area (Å²) in [5.74, 6) is 0.787. The molecule has 138 valence electrons. The molecule has 1 aromatic carbocycles. The second kappa shape index (κ2) is 7.60. The average molecular weight is 355 g/mol. The van der Waals surface area contributed by atoms with E-state index >= 15 is 0 Å². The van der Waals surface area contributed by atoms with Crippen molar-refractivity contribution in [3.05, 3.63) is 53.6 Å². The SMILES string of the molecule is CCn1ccnc1[C@H]1OCCC[C@@H]1NC(=O)C1OCCc2ccccc21. The zero-order chi connectivity index (χ0) is 17.9. The van der Waals surface area contributed by atoms with Crippen molar-refractivity contribution in [3.8, 4) is 0 Å². The summed E-state index contributed by atoms with van der Waals surface area (Å²) in [5, 5.41) is 3.18. The van der Waals surface area contributed by atoms with Crippen LogP contribution in [0, 0.1) is 0 Å². The molecule has 1 aromatic heterocycles. The van der Waals surface area contributed by atoms with Gasteiger partial charge in [0.25, 0.3) is 5.91 Å². The Balaban J connectivity index is 1.53. The van der Waals surface area contributed by atoms with Crippen LogP contribution in [0.25, 0.3) is 0 Å². The number of carbonyl (C=O) groups is 1. The average Bonchev–Trinajstić information content (AvgIpc) is 3.16. The highest BCUT2D eigenvalue weighted by molar-refractivity contribution is 5.83. The second-order valence-electron chi connectivity index (χ2n) is 6.82. The van der Waals surface area contributed by atoms with E-state index in [1.807, 2.05) is 24.4 Å². The van der Waals surface area contributed by atoms with Gasteiger partial charge in [-0.25, -0.2) is 4.98 Å². The van der Waals surface area contributed by atoms with E-state index in [-0.39, 0.29) is 18.1 Å². The molecule has 1 saturated heterocycles. The van der Waals surface area contributed by atoms with Gasteiger partial charge in [0.05, 0.1) is 12.6 Å². The minimum Gasteiger partial charge on any atom is -0.368 e. The van der Waals surface area contributed by atoms with Crippen LogP contribution >= 0.6 is 0 Å². The first-order valence-electron chi connectivity index (χ1n) is 9.40. The Morgan fingerprint density at radius 1 is 1.31 bits per heavy atom. The predicted octanol–water partition coefficient (Wildman–Crippen LogP) is 2.55. The summed E-state index contributed by atoms with van der Waals surface area (Å²) in [6.45, 7) is 4.17. The number of nitrogens with one attached hydrogen (secondary N) is 1. The smallest absolute Gasteiger partial charge is 0.254 e. The highest BCUT2D eigenvalue weighted by Gasteiger charge is 2.35. The molecule has 1 unspecified atom stereocenters. The molecule has 2 aliphatic heterocycles. The third-order valence-electron chi connectivity index (χ3n) is 5.22. The van der Waals surface area contributed by atoms with Crippen molar-refractivity contribution in [2.24, 2.45) is 0 Å². The van der Waals surface area contributed by atoms with Gasteiger partial charge in [-0.2, -0.15) is 0 Å². The molecule has 2 aromatic rings. The maximum Gasteiger partial charge on any atom is 0.254 e. The molecule has 6 heteroatoms. The first-order chi connectivity index (χ1) is 12.8. The molecule has 3 heterocycles. The van der Waals surface area contributed by atoms with E-state index in [2.05, 4.69) is 27.9 Å². The number of nitrogens with zero attached hydrogens (tertiary/aromatic N) is 2. The summed E-state index contributed by atoms with van der Waals surface area (Å²) in [7, 11) is 0. The molecule has 2 aliphatic rings. The number of aromatic nitrogens is 2. The molecule has 0 radical (unpaired) electrons. The molecular formula is C20H25N3O3. The summed E-state index contributed by atoms with van der Waals surface area (Å²) in [6, 6.07) is 7.93. The van der Waals surface area contributed by atoms with Crippen molar-refractivity contribution in [1.29, 1.82) is 0 Å². The summed E-state index contributed by atoms with van der Waals surface area (Å²) < 4.78 is 13.9. The number of benzene rings is 1. The van der Waals surface area contributed by atoms with Crippen molar-refractivity contribution in [1.82, 2.24) is 14.9 Å². The van der Waals surface area contributed by atoms with E-state index < -0.39 is 6.10 Å². The summed E-state index contributed by atoms with van der Waals surface area (Å²) in [4.78, 5) is 17.5. The van der Waals surface area contributed by atoms with Gasteiger partial charge in [-0.1, -0.05) is 24.3 Å². The lowest BCUT2D eigenvalue weighted by atomic mass is 9.96. The molecule has 1 N–H and O–H groups in total. The fourth-order valence-electron chi connectivity index (χ4n) is 3.90. The monoisotopic (exact) mass is 355 g/mol. The maximum absolute atomic E-state index is 13.0. The van der Waals surface area contributed by atoms with Crippen molar-refractivity contribution >= 4 is 5.91 Å². The van der Waals surface area contributed by atoms with E-state index in [0.717, 1.165) is 37.2 Å². The Kier molecular flexibility index (Phi) is 5.04. The van der Waals surface area contributed by atoms with Crippen LogP contribution in [0.4, 0.5) is 0 Å². The van der Waals surface area contributed by atoms with Gasteiger partial charge in [-0.05, 0) is 37.3 Å². The molecule has 1 fully saturated rings. The molecule has 1 amide bonds. The number of rotatable bonds is 4. The number of ether oxygens (including phenoxy) is 2. The van der Waals surface area contributed by atoms with E-state index in [9.17, 15) is 4.79 Å². The van der Waals surface area contributed by atoms with Crippen LogP contribution in [0.2, 0.25) is 0 Å². The molecule has 4 rings (SSSR count). The summed E-state index contributed by atoms with van der Waals surface area (Å²) >= 11 is 0. The van der Waals surface area contributed by atoms with E-state index in [4.69, 9.17) is 9.47 Å². The van der Waals surface area contributed by atoms with Crippen molar-refractivity contribution in [2.45, 2.75) is 51.0 Å². The molecule has 0 aliphatic carbocycles. The van der Waals surface area contributed by atoms with Crippen molar-refractivity contribution in [3.63, 3.8) is 0 Å². The fourth-order valence-corrected chi connectivity index (χ4v) is 3.90. The third kappa shape index (κ3) is 3.27. The van der Waals surface area contributed by atoms with Crippen LogP contribution in [0.15, 0.2) is 36.7 Å². The van der Waals surface area contributed by atoms with Crippen LogP contribution in [0.5, 0.6) is 0 Å². The largest absolute Gasteiger partial charge is 0.368 e. The standard InChI is InChI=1S/C20H25N3O3/c1-2-23-11-10-21-19(23)18-16(8-5-12-25-18)22-20(24)17-15-7-4-3-6-14(15)9-13-26-17/h3-4,6-7,10-11,16-18H,2,5,8-9,12-13H2,1H3,(H,22,24)/t16-,17?,18-/m0/s1. The first kappa shape index (κ1) is 17.2. The number of amides is 1. The molecule has 6 nitrogen and oxygen atoms in total. The maximum atomic E-state index is 13.0. The van der Waals surface area contributed by atoms with Gasteiger partial charge in [-0.3, -0.25) is 4.79 Å². The molecule has 26 heavy (non-hydrogen) atoms. The lowest BCUT2D eigenvalue weighted by molar-refractivity contribution is -0.137. The van der Waals surface area contributed by atoms with Gasteiger partial charge in [0.15, 0.2) is 6.10 Å². The van der Waals surface area contributed by atoms with E-state index in [1.54, 1.807) is 6.20 Å². The summed E-state index contributed by atoms with van der Waals surface area (Å²) in [5.41, 5.74) is 2.16. The third-order valence-corrected chi connectivity index (χ3v) is 5.22. The predicted molar refractivity (Wildman–Crippen MR) is 96.6 cm³/mol. The van der Waals surface area contributed by atoms with Gasteiger partial charge in [0, 0.05) is 25.5 Å². The molecule has 0 saturated carbocycles.